The van der Waals surface area contributed by atoms with Crippen molar-refractivity contribution in [3.63, 3.8) is 0 Å². The molecule has 0 bridgehead atoms. The van der Waals surface area contributed by atoms with E-state index in [9.17, 15) is 0 Å². The minimum absolute atomic E-state index is 0.946. The second-order valence-electron chi connectivity index (χ2n) is 30.8. The molecule has 0 radical (unpaired) electrons. The highest BCUT2D eigenvalue weighted by atomic mass is 32.1. The minimum atomic E-state index is 0.946. The Kier molecular flexibility index (Phi) is 21.0. The van der Waals surface area contributed by atoms with Crippen LogP contribution in [0.15, 0.2) is 418 Å². The minimum Gasteiger partial charge on any atom is -0.456 e. The second kappa shape index (κ2) is 33.3. The summed E-state index contributed by atoms with van der Waals surface area (Å²) in [5, 5.41) is 15.0. The Balaban J connectivity index is 0.0000000952. The fourth-order valence-electron chi connectivity index (χ4n) is 16.6. The summed E-state index contributed by atoms with van der Waals surface area (Å²) >= 11 is 3.74. The van der Waals surface area contributed by atoms with E-state index in [2.05, 4.69) is 369 Å². The number of rotatable bonds is 6. The van der Waals surface area contributed by atoms with Gasteiger partial charge in [-0.2, -0.15) is 0 Å². The first-order valence-electron chi connectivity index (χ1n) is 40.8. The number of aryl methyl sites for hydroxylation is 6. The second-order valence-corrected chi connectivity index (χ2v) is 33.0. The van der Waals surface area contributed by atoms with Crippen molar-refractivity contribution in [2.45, 2.75) is 41.5 Å². The molecule has 6 heteroatoms. The smallest absolute Gasteiger partial charge is 0.138 e. The van der Waals surface area contributed by atoms with E-state index in [1.165, 1.54) is 184 Å². The summed E-state index contributed by atoms with van der Waals surface area (Å²) in [6.45, 7) is 12.7. The molecule has 0 saturated carbocycles. The van der Waals surface area contributed by atoms with Crippen molar-refractivity contribution in [3.8, 4) is 66.8 Å². The molecule has 6 aromatic heterocycles. The predicted molar refractivity (Wildman–Crippen MR) is 515 cm³/mol. The standard InChI is InChI=1S/4C19H14O.2C19H14S/c1-13-6-4-7-14(12-13)15-9-5-11-18-19(15)16-8-2-3-10-17(16)20-18;1-13-7-2-3-8-14(13)15-10-6-12-18-19(15)16-9-4-5-11-17(16)20-18;1-13-9-11-14(12-10-13)15-6-4-8-18-19(15)16-5-2-3-7-17(16)20-18;1-13-11-12-15(14-7-3-2-4-8-14)18-16-9-5-6-10-17(16)20-19(13)18;1-13-5-4-6-14(11-13)15-9-10-19-17(12-15)16-7-2-3-8-18(16)20-19;1-13-6-8-14(9-7-13)15-10-11-19-17(12-15)16-4-2-3-5-18(16)20-19/h6*2-12H,1H3. The maximum Gasteiger partial charge on any atom is 0.138 e. The molecule has 0 atom stereocenters. The van der Waals surface area contributed by atoms with Crippen molar-refractivity contribution in [2.24, 2.45) is 0 Å². The number of benzene rings is 18. The lowest BCUT2D eigenvalue weighted by atomic mass is 9.96. The Hall–Kier alpha value is -14.4. The van der Waals surface area contributed by atoms with Gasteiger partial charge >= 0.3 is 0 Å². The lowest BCUT2D eigenvalue weighted by Crippen LogP contribution is -1.83. The molecule has 24 rings (SSSR count). The molecule has 0 unspecified atom stereocenters. The number of fused-ring (bicyclic) bond motifs is 18. The Labute approximate surface area is 705 Å². The van der Waals surface area contributed by atoms with Crippen LogP contribution in [-0.4, -0.2) is 0 Å². The fourth-order valence-corrected chi connectivity index (χ4v) is 18.8. The summed E-state index contributed by atoms with van der Waals surface area (Å²) < 4.78 is 29.3. The monoisotopic (exact) mass is 1580 g/mol. The van der Waals surface area contributed by atoms with Gasteiger partial charge in [-0.3, -0.25) is 0 Å². The number of hydrogen-bond donors (Lipinski definition) is 0. The van der Waals surface area contributed by atoms with E-state index in [1.807, 2.05) is 95.5 Å². The molecule has 0 fully saturated rings. The van der Waals surface area contributed by atoms with Crippen molar-refractivity contribution in [3.05, 3.63) is 434 Å². The SMILES string of the molecule is Cc1ccc(-c2ccc3sc4ccccc4c3c2)cc1.Cc1ccc(-c2cccc3oc4ccccc4c23)cc1.Cc1ccc(-c2ccccc2)c2c1oc1ccccc12.Cc1cccc(-c2ccc3sc4ccccc4c3c2)c1.Cc1cccc(-c2cccc3oc4ccccc4c23)c1.Cc1ccccc1-c1cccc2oc3ccccc3c12. The molecule has 0 aliphatic heterocycles. The molecule has 6 heterocycles. The van der Waals surface area contributed by atoms with Crippen molar-refractivity contribution < 1.29 is 17.7 Å². The van der Waals surface area contributed by atoms with Crippen LogP contribution in [0.5, 0.6) is 0 Å². The Morgan fingerprint density at radius 2 is 0.500 bits per heavy atom. The van der Waals surface area contributed by atoms with Crippen LogP contribution in [0.25, 0.3) is 195 Å². The largest absolute Gasteiger partial charge is 0.456 e. The molecular weight excluding hydrogens is 1500 g/mol. The maximum atomic E-state index is 6.05. The maximum absolute atomic E-state index is 6.05. The van der Waals surface area contributed by atoms with Gasteiger partial charge in [0.25, 0.3) is 0 Å². The molecule has 0 aliphatic rings. The van der Waals surface area contributed by atoms with Crippen LogP contribution < -0.4 is 0 Å². The first kappa shape index (κ1) is 75.6. The van der Waals surface area contributed by atoms with Crippen LogP contribution in [0.4, 0.5) is 0 Å². The lowest BCUT2D eigenvalue weighted by Gasteiger charge is -2.07. The van der Waals surface area contributed by atoms with Crippen molar-refractivity contribution in [1.29, 1.82) is 0 Å². The summed E-state index contributed by atoms with van der Waals surface area (Å²) in [5.41, 5.74) is 30.3. The van der Waals surface area contributed by atoms with Crippen molar-refractivity contribution in [1.82, 2.24) is 0 Å². The van der Waals surface area contributed by atoms with E-state index in [0.717, 1.165) is 44.7 Å². The van der Waals surface area contributed by atoms with Gasteiger partial charge in [0.1, 0.15) is 44.7 Å². The molecule has 18 aromatic carbocycles. The van der Waals surface area contributed by atoms with Crippen LogP contribution in [0, 0.1) is 41.5 Å². The summed E-state index contributed by atoms with van der Waals surface area (Å²) in [5.74, 6) is 0. The van der Waals surface area contributed by atoms with Gasteiger partial charge in [-0.25, -0.2) is 0 Å². The molecule has 576 valence electrons. The van der Waals surface area contributed by atoms with Crippen LogP contribution >= 0.6 is 22.7 Å². The first-order valence-corrected chi connectivity index (χ1v) is 42.4. The molecule has 4 nitrogen and oxygen atoms in total. The van der Waals surface area contributed by atoms with Gasteiger partial charge in [-0.1, -0.05) is 344 Å². The zero-order chi connectivity index (χ0) is 81.2. The number of furan rings is 4. The van der Waals surface area contributed by atoms with Crippen LogP contribution in [0.3, 0.4) is 0 Å². The van der Waals surface area contributed by atoms with Gasteiger partial charge in [0.2, 0.25) is 0 Å². The van der Waals surface area contributed by atoms with Gasteiger partial charge in [0.05, 0.1) is 0 Å². The fraction of sp³-hybridized carbons (Fsp3) is 0.0526. The van der Waals surface area contributed by atoms with E-state index in [1.54, 1.807) is 0 Å². The Morgan fingerprint density at radius 1 is 0.167 bits per heavy atom. The van der Waals surface area contributed by atoms with E-state index in [4.69, 9.17) is 17.7 Å². The summed E-state index contributed by atoms with van der Waals surface area (Å²) in [4.78, 5) is 0. The van der Waals surface area contributed by atoms with E-state index in [0.29, 0.717) is 0 Å². The summed E-state index contributed by atoms with van der Waals surface area (Å²) in [6.07, 6.45) is 0. The van der Waals surface area contributed by atoms with E-state index in [-0.39, 0.29) is 0 Å². The molecule has 0 N–H and O–H groups in total. The average Bonchev–Trinajstić information content (AvgIpc) is 1.61. The van der Waals surface area contributed by atoms with Crippen molar-refractivity contribution >= 4 is 151 Å². The van der Waals surface area contributed by atoms with Gasteiger partial charge in [0, 0.05) is 83.4 Å². The molecular formula is C114H84O4S2. The molecule has 0 aliphatic carbocycles. The molecule has 0 amide bonds. The van der Waals surface area contributed by atoms with E-state index < -0.39 is 0 Å². The van der Waals surface area contributed by atoms with Gasteiger partial charge in [-0.15, -0.1) is 22.7 Å². The number of para-hydroxylation sites is 4. The van der Waals surface area contributed by atoms with Gasteiger partial charge in [-0.05, 0) is 198 Å². The van der Waals surface area contributed by atoms with Gasteiger partial charge < -0.3 is 17.7 Å². The topological polar surface area (TPSA) is 52.6 Å². The number of thiophene rings is 2. The van der Waals surface area contributed by atoms with Crippen molar-refractivity contribution in [2.75, 3.05) is 0 Å². The summed E-state index contributed by atoms with van der Waals surface area (Å²) in [7, 11) is 0. The quantitative estimate of drug-likeness (QED) is 0.166. The first-order chi connectivity index (χ1) is 59.0. The summed E-state index contributed by atoms with van der Waals surface area (Å²) in [6, 6.07) is 141. The Morgan fingerprint density at radius 3 is 1.02 bits per heavy atom. The highest BCUT2D eigenvalue weighted by molar-refractivity contribution is 7.26. The third-order valence-corrected chi connectivity index (χ3v) is 24.9. The highest BCUT2D eigenvalue weighted by Crippen LogP contribution is 2.44. The van der Waals surface area contributed by atoms with Crippen LogP contribution in [0.1, 0.15) is 33.4 Å². The molecule has 24 aromatic rings. The number of hydrogen-bond acceptors (Lipinski definition) is 6. The zero-order valence-electron chi connectivity index (χ0n) is 67.6. The molecule has 0 saturated heterocycles. The molecule has 0 spiro atoms. The predicted octanol–water partition coefficient (Wildman–Crippen LogP) is 34.3. The Bertz CT molecular complexity index is 7850. The average molecular weight is 1580 g/mol. The van der Waals surface area contributed by atoms with Crippen LogP contribution in [-0.2, 0) is 0 Å². The third-order valence-electron chi connectivity index (χ3n) is 22.6. The highest BCUT2D eigenvalue weighted by Gasteiger charge is 2.19. The van der Waals surface area contributed by atoms with Gasteiger partial charge in [0.15, 0.2) is 0 Å². The molecule has 120 heavy (non-hydrogen) atoms. The van der Waals surface area contributed by atoms with Crippen LogP contribution in [0.2, 0.25) is 0 Å². The third kappa shape index (κ3) is 15.2. The zero-order valence-corrected chi connectivity index (χ0v) is 69.2. The normalized spacial score (nSPS) is 11.2. The van der Waals surface area contributed by atoms with E-state index >= 15 is 0 Å². The lowest BCUT2D eigenvalue weighted by molar-refractivity contribution is 0.666.